The SMILES string of the molecule is CNC(=O)c1cc(NC(=O)c2cc(CNC(=O)C(C)(C)C(F)(F)F)ccc2Cl)ccc1OCC(F)F. The first-order valence-corrected chi connectivity index (χ1v) is 10.8. The molecule has 0 heterocycles. The summed E-state index contributed by atoms with van der Waals surface area (Å²) in [6, 6.07) is 7.83. The topological polar surface area (TPSA) is 96.5 Å². The van der Waals surface area contributed by atoms with E-state index in [0.717, 1.165) is 13.8 Å². The van der Waals surface area contributed by atoms with Crippen molar-refractivity contribution in [3.05, 3.63) is 58.1 Å². The van der Waals surface area contributed by atoms with E-state index < -0.39 is 42.3 Å². The average Bonchev–Trinajstić information content (AvgIpc) is 2.80. The molecule has 2 rings (SSSR count). The molecule has 13 heteroatoms. The quantitative estimate of drug-likeness (QED) is 0.402. The molecule has 0 unspecified atom stereocenters. The lowest BCUT2D eigenvalue weighted by Crippen LogP contribution is -2.46. The van der Waals surface area contributed by atoms with Crippen molar-refractivity contribution in [3.63, 3.8) is 0 Å². The molecular weight excluding hydrogens is 513 g/mol. The zero-order valence-electron chi connectivity index (χ0n) is 19.4. The Morgan fingerprint density at radius 3 is 2.25 bits per heavy atom. The standard InChI is InChI=1S/C23H23ClF5N3O4/c1-22(2,23(27,28)29)21(35)31-10-12-4-6-16(24)14(8-12)20(34)32-13-5-7-17(36-11-18(25)26)15(9-13)19(33)30-3/h4-9,18H,10-11H2,1-3H3,(H,30,33)(H,31,35)(H,32,34). The van der Waals surface area contributed by atoms with Gasteiger partial charge in [-0.1, -0.05) is 17.7 Å². The lowest BCUT2D eigenvalue weighted by molar-refractivity contribution is -0.211. The number of halogens is 6. The minimum atomic E-state index is -4.75. The third-order valence-electron chi connectivity index (χ3n) is 5.08. The van der Waals surface area contributed by atoms with Gasteiger partial charge in [0.15, 0.2) is 0 Å². The Morgan fingerprint density at radius 2 is 1.67 bits per heavy atom. The monoisotopic (exact) mass is 535 g/mol. The zero-order chi connectivity index (χ0) is 27.3. The molecule has 0 aliphatic carbocycles. The molecule has 0 spiro atoms. The van der Waals surface area contributed by atoms with Gasteiger partial charge in [0.25, 0.3) is 18.2 Å². The molecule has 0 bridgehead atoms. The first-order chi connectivity index (χ1) is 16.7. The molecule has 3 amide bonds. The van der Waals surface area contributed by atoms with Crippen molar-refractivity contribution in [2.24, 2.45) is 5.41 Å². The minimum absolute atomic E-state index is 0.0154. The van der Waals surface area contributed by atoms with Crippen LogP contribution in [0.25, 0.3) is 0 Å². The van der Waals surface area contributed by atoms with E-state index in [1.165, 1.54) is 43.4 Å². The Morgan fingerprint density at radius 1 is 1.00 bits per heavy atom. The second-order valence-electron chi connectivity index (χ2n) is 8.07. The van der Waals surface area contributed by atoms with E-state index in [2.05, 4.69) is 16.0 Å². The summed E-state index contributed by atoms with van der Waals surface area (Å²) in [5, 5.41) is 7.04. The molecule has 0 saturated heterocycles. The Balaban J connectivity index is 2.21. The molecule has 0 atom stereocenters. The number of benzene rings is 2. The lowest BCUT2D eigenvalue weighted by atomic mass is 9.91. The van der Waals surface area contributed by atoms with Crippen LogP contribution in [0.3, 0.4) is 0 Å². The van der Waals surface area contributed by atoms with Gasteiger partial charge in [-0.15, -0.1) is 0 Å². The molecule has 0 aliphatic rings. The predicted molar refractivity (Wildman–Crippen MR) is 122 cm³/mol. The highest BCUT2D eigenvalue weighted by Crippen LogP contribution is 2.37. The van der Waals surface area contributed by atoms with Gasteiger partial charge in [-0.05, 0) is 49.7 Å². The fraction of sp³-hybridized carbons (Fsp3) is 0.348. The Labute approximate surface area is 208 Å². The van der Waals surface area contributed by atoms with Crippen molar-refractivity contribution in [2.75, 3.05) is 19.0 Å². The summed E-state index contributed by atoms with van der Waals surface area (Å²) >= 11 is 6.10. The van der Waals surface area contributed by atoms with Gasteiger partial charge >= 0.3 is 6.18 Å². The molecule has 2 aromatic rings. The van der Waals surface area contributed by atoms with Crippen molar-refractivity contribution in [2.45, 2.75) is 33.0 Å². The third-order valence-corrected chi connectivity index (χ3v) is 5.41. The number of hydrogen-bond donors (Lipinski definition) is 3. The number of amides is 3. The maximum atomic E-state index is 13.0. The van der Waals surface area contributed by atoms with Crippen LogP contribution in [0.1, 0.15) is 40.1 Å². The van der Waals surface area contributed by atoms with Crippen LogP contribution in [-0.4, -0.2) is 44.0 Å². The molecule has 2 aromatic carbocycles. The Hall–Kier alpha value is -3.41. The van der Waals surface area contributed by atoms with Crippen molar-refractivity contribution < 1.29 is 41.1 Å². The molecule has 7 nitrogen and oxygen atoms in total. The smallest absolute Gasteiger partial charge is 0.402 e. The normalized spacial score (nSPS) is 11.7. The van der Waals surface area contributed by atoms with E-state index >= 15 is 0 Å². The number of alkyl halides is 5. The first kappa shape index (κ1) is 28.8. The van der Waals surface area contributed by atoms with E-state index in [-0.39, 0.29) is 34.1 Å². The molecule has 36 heavy (non-hydrogen) atoms. The van der Waals surface area contributed by atoms with E-state index in [1.807, 2.05) is 0 Å². The maximum Gasteiger partial charge on any atom is 0.402 e. The Bertz CT molecular complexity index is 1140. The third kappa shape index (κ3) is 7.06. The lowest BCUT2D eigenvalue weighted by Gasteiger charge is -2.26. The number of anilines is 1. The summed E-state index contributed by atoms with van der Waals surface area (Å²) in [6.07, 6.45) is -7.52. The van der Waals surface area contributed by atoms with Crippen LogP contribution in [0, 0.1) is 5.41 Å². The van der Waals surface area contributed by atoms with Gasteiger partial charge in [0.2, 0.25) is 5.91 Å². The molecule has 0 aromatic heterocycles. The molecule has 0 aliphatic heterocycles. The van der Waals surface area contributed by atoms with Crippen LogP contribution < -0.4 is 20.7 Å². The highest BCUT2D eigenvalue weighted by molar-refractivity contribution is 6.34. The number of nitrogens with one attached hydrogen (secondary N) is 3. The van der Waals surface area contributed by atoms with Crippen LogP contribution in [0.2, 0.25) is 5.02 Å². The number of ether oxygens (including phenoxy) is 1. The van der Waals surface area contributed by atoms with Gasteiger partial charge in [0, 0.05) is 19.3 Å². The summed E-state index contributed by atoms with van der Waals surface area (Å²) < 4.78 is 69.1. The first-order valence-electron chi connectivity index (χ1n) is 10.4. The van der Waals surface area contributed by atoms with Crippen LogP contribution in [0.4, 0.5) is 27.6 Å². The molecule has 0 radical (unpaired) electrons. The van der Waals surface area contributed by atoms with Crippen molar-refractivity contribution in [3.8, 4) is 5.75 Å². The zero-order valence-corrected chi connectivity index (χ0v) is 20.1. The van der Waals surface area contributed by atoms with E-state index in [4.69, 9.17) is 16.3 Å². The largest absolute Gasteiger partial charge is 0.487 e. The van der Waals surface area contributed by atoms with Gasteiger partial charge in [0.05, 0.1) is 16.1 Å². The van der Waals surface area contributed by atoms with Gasteiger partial charge in [-0.25, -0.2) is 8.78 Å². The number of carbonyl (C=O) groups excluding carboxylic acids is 3. The van der Waals surface area contributed by atoms with Crippen LogP contribution in [0.15, 0.2) is 36.4 Å². The molecule has 3 N–H and O–H groups in total. The highest BCUT2D eigenvalue weighted by atomic mass is 35.5. The maximum absolute atomic E-state index is 13.0. The van der Waals surface area contributed by atoms with Gasteiger partial charge in [-0.2, -0.15) is 13.2 Å². The predicted octanol–water partition coefficient (Wildman–Crippen LogP) is 4.80. The number of rotatable bonds is 9. The summed E-state index contributed by atoms with van der Waals surface area (Å²) in [6.45, 7) is 0.265. The van der Waals surface area contributed by atoms with Crippen molar-refractivity contribution >= 4 is 35.0 Å². The Kier molecular flexibility index (Phi) is 9.25. The molecule has 0 saturated carbocycles. The van der Waals surface area contributed by atoms with Crippen molar-refractivity contribution in [1.82, 2.24) is 10.6 Å². The fourth-order valence-electron chi connectivity index (χ4n) is 2.79. The molecule has 196 valence electrons. The summed E-state index contributed by atoms with van der Waals surface area (Å²) in [4.78, 5) is 36.9. The number of hydrogen-bond acceptors (Lipinski definition) is 4. The minimum Gasteiger partial charge on any atom is -0.487 e. The van der Waals surface area contributed by atoms with E-state index in [9.17, 15) is 36.3 Å². The highest BCUT2D eigenvalue weighted by Gasteiger charge is 2.52. The average molecular weight is 536 g/mol. The summed E-state index contributed by atoms with van der Waals surface area (Å²) in [5.41, 5.74) is -2.36. The van der Waals surface area contributed by atoms with Gasteiger partial charge in [0.1, 0.15) is 17.8 Å². The number of carbonyl (C=O) groups is 3. The molecular formula is C23H23ClF5N3O4. The van der Waals surface area contributed by atoms with Crippen molar-refractivity contribution in [1.29, 1.82) is 0 Å². The second-order valence-corrected chi connectivity index (χ2v) is 8.47. The van der Waals surface area contributed by atoms with E-state index in [1.54, 1.807) is 0 Å². The van der Waals surface area contributed by atoms with Gasteiger partial charge < -0.3 is 20.7 Å². The van der Waals surface area contributed by atoms with Crippen LogP contribution in [-0.2, 0) is 11.3 Å². The summed E-state index contributed by atoms with van der Waals surface area (Å²) in [5.74, 6) is -2.74. The van der Waals surface area contributed by atoms with E-state index in [0.29, 0.717) is 5.56 Å². The summed E-state index contributed by atoms with van der Waals surface area (Å²) in [7, 11) is 1.32. The van der Waals surface area contributed by atoms with Gasteiger partial charge in [-0.3, -0.25) is 14.4 Å². The van der Waals surface area contributed by atoms with Crippen LogP contribution >= 0.6 is 11.6 Å². The van der Waals surface area contributed by atoms with Crippen LogP contribution in [0.5, 0.6) is 5.75 Å². The molecule has 0 fully saturated rings. The fourth-order valence-corrected chi connectivity index (χ4v) is 2.99. The second kappa shape index (κ2) is 11.5.